The third kappa shape index (κ3) is 4.74. The van der Waals surface area contributed by atoms with Gasteiger partial charge in [0, 0.05) is 41.7 Å². The van der Waals surface area contributed by atoms with Crippen molar-refractivity contribution in [2.45, 2.75) is 25.7 Å². The zero-order valence-electron chi connectivity index (χ0n) is 19.1. The van der Waals surface area contributed by atoms with Crippen LogP contribution in [0.5, 0.6) is 0 Å². The zero-order valence-corrected chi connectivity index (χ0v) is 19.1. The number of pyridine rings is 2. The Bertz CT molecular complexity index is 1360. The lowest BCUT2D eigenvalue weighted by molar-refractivity contribution is -0.119. The van der Waals surface area contributed by atoms with Crippen LogP contribution in [-0.2, 0) is 17.6 Å². The van der Waals surface area contributed by atoms with Crippen LogP contribution in [-0.4, -0.2) is 49.7 Å². The second-order valence-electron chi connectivity index (χ2n) is 8.51. The van der Waals surface area contributed by atoms with Crippen molar-refractivity contribution in [3.63, 3.8) is 0 Å². The molecule has 0 radical (unpaired) electrons. The number of carboxylic acids is 1. The van der Waals surface area contributed by atoms with Crippen molar-refractivity contribution in [3.05, 3.63) is 83.9 Å². The number of carboxylic acid groups (broad SMARTS) is 1. The minimum Gasteiger partial charge on any atom is -0.476 e. The number of nitrogens with one attached hydrogen (secondary N) is 1. The molecule has 35 heavy (non-hydrogen) atoms. The first-order valence-electron chi connectivity index (χ1n) is 11.6. The molecule has 4 aromatic rings. The maximum absolute atomic E-state index is 11.8. The van der Waals surface area contributed by atoms with Crippen molar-refractivity contribution in [2.24, 2.45) is 0 Å². The normalized spacial score (nSPS) is 14.3. The molecular weight excluding hydrogens is 442 g/mol. The highest BCUT2D eigenvalue weighted by molar-refractivity contribution is 5.91. The van der Waals surface area contributed by atoms with E-state index < -0.39 is 5.97 Å². The van der Waals surface area contributed by atoms with Crippen LogP contribution in [0.1, 0.15) is 34.5 Å². The van der Waals surface area contributed by atoms with Gasteiger partial charge >= 0.3 is 5.97 Å². The molecule has 0 atom stereocenters. The summed E-state index contributed by atoms with van der Waals surface area (Å²) >= 11 is 0. The van der Waals surface area contributed by atoms with Gasteiger partial charge in [0.15, 0.2) is 11.5 Å². The highest BCUT2D eigenvalue weighted by Crippen LogP contribution is 2.38. The number of piperidine rings is 1. The number of nitrogens with zero attached hydrogens (tertiary/aromatic N) is 4. The predicted octanol–water partition coefficient (Wildman–Crippen LogP) is 3.73. The van der Waals surface area contributed by atoms with Gasteiger partial charge < -0.3 is 10.4 Å². The lowest BCUT2D eigenvalue weighted by Gasteiger charge is -2.19. The molecule has 1 aromatic carbocycles. The van der Waals surface area contributed by atoms with E-state index >= 15 is 0 Å². The highest BCUT2D eigenvalue weighted by atomic mass is 16.4. The van der Waals surface area contributed by atoms with Gasteiger partial charge in [-0.1, -0.05) is 24.3 Å². The summed E-state index contributed by atoms with van der Waals surface area (Å²) in [6.07, 6.45) is 8.48. The summed E-state index contributed by atoms with van der Waals surface area (Å²) in [6, 6.07) is 15.7. The summed E-state index contributed by atoms with van der Waals surface area (Å²) in [5.74, 6) is -0.0603. The van der Waals surface area contributed by atoms with Crippen LogP contribution < -0.4 is 5.32 Å². The number of carbonyl (C=O) groups is 2. The van der Waals surface area contributed by atoms with Gasteiger partial charge in [-0.2, -0.15) is 5.10 Å². The molecule has 8 heteroatoms. The largest absolute Gasteiger partial charge is 0.476 e. The summed E-state index contributed by atoms with van der Waals surface area (Å²) < 4.78 is 1.66. The molecule has 0 amide bonds. The SMILES string of the molecule is O=C(O)c1nn(-c2ccccn2)c2c1CCc1ccc(-c3cccnc3)cc1-2.O=C1CCCNC1. The molecule has 3 aromatic heterocycles. The lowest BCUT2D eigenvalue weighted by atomic mass is 9.87. The van der Waals surface area contributed by atoms with Crippen LogP contribution in [0.3, 0.4) is 0 Å². The Morgan fingerprint density at radius 1 is 1.00 bits per heavy atom. The number of hydrogen-bond acceptors (Lipinski definition) is 6. The van der Waals surface area contributed by atoms with E-state index in [4.69, 9.17) is 0 Å². The van der Waals surface area contributed by atoms with Gasteiger partial charge in [-0.05, 0) is 61.2 Å². The Hall–Kier alpha value is -4.17. The molecule has 1 saturated heterocycles. The maximum Gasteiger partial charge on any atom is 0.356 e. The molecule has 1 aliphatic heterocycles. The molecular formula is C27H25N5O3. The fourth-order valence-corrected chi connectivity index (χ4v) is 4.49. The first kappa shape index (κ1) is 22.6. The Balaban J connectivity index is 0.000000313. The average Bonchev–Trinajstić information content (AvgIpc) is 3.31. The van der Waals surface area contributed by atoms with E-state index in [1.165, 1.54) is 5.56 Å². The lowest BCUT2D eigenvalue weighted by Crippen LogP contribution is -2.29. The van der Waals surface area contributed by atoms with Crippen molar-refractivity contribution in [3.8, 4) is 28.2 Å². The number of rotatable bonds is 3. The standard InChI is InChI=1S/C22H16N4O2.C5H9NO/c27-22(28)20-17-9-8-14-6-7-15(16-4-3-10-23-13-16)12-18(14)21(17)26(25-20)19-5-1-2-11-24-19;7-5-2-1-3-6-4-5/h1-7,10-13H,8-9H2,(H,27,28);6H,1-4H2. The van der Waals surface area contributed by atoms with Gasteiger partial charge in [0.1, 0.15) is 5.78 Å². The smallest absolute Gasteiger partial charge is 0.356 e. The number of carbonyl (C=O) groups excluding carboxylic acids is 1. The topological polar surface area (TPSA) is 110 Å². The molecule has 0 spiro atoms. The van der Waals surface area contributed by atoms with Crippen LogP contribution >= 0.6 is 0 Å². The van der Waals surface area contributed by atoms with Crippen LogP contribution in [0.15, 0.2) is 67.1 Å². The minimum atomic E-state index is -1.02. The van der Waals surface area contributed by atoms with Gasteiger partial charge in [-0.3, -0.25) is 9.78 Å². The third-order valence-electron chi connectivity index (χ3n) is 6.19. The third-order valence-corrected chi connectivity index (χ3v) is 6.19. The number of Topliss-reactive ketones (excluding diaryl/α,β-unsaturated/α-hetero) is 1. The average molecular weight is 468 g/mol. The molecule has 0 bridgehead atoms. The van der Waals surface area contributed by atoms with Crippen molar-refractivity contribution < 1.29 is 14.7 Å². The fourth-order valence-electron chi connectivity index (χ4n) is 4.49. The Labute approximate surface area is 202 Å². The van der Waals surface area contributed by atoms with Crippen LogP contribution in [0.2, 0.25) is 0 Å². The minimum absolute atomic E-state index is 0.0954. The number of aromatic nitrogens is 4. The molecule has 1 aliphatic carbocycles. The number of aryl methyl sites for hydroxylation is 1. The molecule has 4 heterocycles. The second-order valence-corrected chi connectivity index (χ2v) is 8.51. The van der Waals surface area contributed by atoms with E-state index in [-0.39, 0.29) is 5.69 Å². The van der Waals surface area contributed by atoms with E-state index in [1.54, 1.807) is 17.1 Å². The quantitative estimate of drug-likeness (QED) is 0.472. The summed E-state index contributed by atoms with van der Waals surface area (Å²) in [7, 11) is 0. The first-order valence-corrected chi connectivity index (χ1v) is 11.6. The second kappa shape index (κ2) is 9.99. The number of aromatic carboxylic acids is 1. The van der Waals surface area contributed by atoms with Crippen molar-refractivity contribution in [1.29, 1.82) is 0 Å². The Morgan fingerprint density at radius 3 is 2.57 bits per heavy atom. The van der Waals surface area contributed by atoms with E-state index in [9.17, 15) is 14.7 Å². The molecule has 0 unspecified atom stereocenters. The monoisotopic (exact) mass is 467 g/mol. The molecule has 0 saturated carbocycles. The summed E-state index contributed by atoms with van der Waals surface area (Å²) in [5.41, 5.74) is 5.88. The first-order chi connectivity index (χ1) is 17.1. The van der Waals surface area contributed by atoms with Crippen LogP contribution in [0.25, 0.3) is 28.2 Å². The van der Waals surface area contributed by atoms with E-state index in [1.807, 2.05) is 36.5 Å². The van der Waals surface area contributed by atoms with Crippen molar-refractivity contribution >= 4 is 11.8 Å². The molecule has 1 fully saturated rings. The molecule has 2 N–H and O–H groups in total. The number of fused-ring (bicyclic) bond motifs is 3. The molecule has 8 nitrogen and oxygen atoms in total. The van der Waals surface area contributed by atoms with E-state index in [0.29, 0.717) is 24.6 Å². The van der Waals surface area contributed by atoms with Crippen molar-refractivity contribution in [1.82, 2.24) is 25.1 Å². The van der Waals surface area contributed by atoms with Gasteiger partial charge in [0.05, 0.1) is 12.2 Å². The number of benzene rings is 1. The molecule has 2 aliphatic rings. The summed E-state index contributed by atoms with van der Waals surface area (Å²) in [4.78, 5) is 30.8. The van der Waals surface area contributed by atoms with Gasteiger partial charge in [-0.15, -0.1) is 0 Å². The predicted molar refractivity (Wildman–Crippen MR) is 132 cm³/mol. The Morgan fingerprint density at radius 2 is 1.91 bits per heavy atom. The summed E-state index contributed by atoms with van der Waals surface area (Å²) in [6.45, 7) is 1.62. The molecule has 176 valence electrons. The molecule has 6 rings (SSSR count). The number of hydrogen-bond donors (Lipinski definition) is 2. The van der Waals surface area contributed by atoms with Crippen LogP contribution in [0, 0.1) is 0 Å². The maximum atomic E-state index is 11.8. The van der Waals surface area contributed by atoms with Gasteiger partial charge in [0.2, 0.25) is 0 Å². The zero-order chi connectivity index (χ0) is 24.2. The number of ketones is 1. The van der Waals surface area contributed by atoms with E-state index in [0.717, 1.165) is 53.8 Å². The van der Waals surface area contributed by atoms with Crippen LogP contribution in [0.4, 0.5) is 0 Å². The Kier molecular flexibility index (Phi) is 6.45. The van der Waals surface area contributed by atoms with Gasteiger partial charge in [-0.25, -0.2) is 14.5 Å². The summed E-state index contributed by atoms with van der Waals surface area (Å²) in [5, 5.41) is 17.1. The fraction of sp³-hybridized carbons (Fsp3) is 0.222. The highest BCUT2D eigenvalue weighted by Gasteiger charge is 2.29. The van der Waals surface area contributed by atoms with Crippen molar-refractivity contribution in [2.75, 3.05) is 13.1 Å². The van der Waals surface area contributed by atoms with E-state index in [2.05, 4.69) is 38.6 Å². The van der Waals surface area contributed by atoms with Gasteiger partial charge in [0.25, 0.3) is 0 Å².